The zero-order valence-electron chi connectivity index (χ0n) is 8.93. The highest BCUT2D eigenvalue weighted by atomic mass is 35.5. The van der Waals surface area contributed by atoms with Crippen molar-refractivity contribution in [3.63, 3.8) is 0 Å². The Morgan fingerprint density at radius 1 is 1.31 bits per heavy atom. The third kappa shape index (κ3) is 4.60. The summed E-state index contributed by atoms with van der Waals surface area (Å²) >= 11 is 12.0. The molecule has 0 radical (unpaired) electrons. The average molecular weight is 283 g/mol. The van der Waals surface area contributed by atoms with Crippen LogP contribution < -0.4 is 0 Å². The molecule has 0 unspecified atom stereocenters. The summed E-state index contributed by atoms with van der Waals surface area (Å²) in [7, 11) is 0. The molecule has 0 saturated carbocycles. The molecule has 0 aromatic heterocycles. The van der Waals surface area contributed by atoms with Crippen LogP contribution in [0.25, 0.3) is 0 Å². The van der Waals surface area contributed by atoms with E-state index in [4.69, 9.17) is 33.3 Å². The lowest BCUT2D eigenvalue weighted by Crippen LogP contribution is -2.04. The Bertz CT molecular complexity index is 335. The predicted octanol–water partition coefficient (Wildman–Crippen LogP) is 4.36. The fourth-order valence-corrected chi connectivity index (χ4v) is 1.84. The van der Waals surface area contributed by atoms with Gasteiger partial charge in [0, 0.05) is 16.5 Å². The van der Waals surface area contributed by atoms with E-state index in [0.29, 0.717) is 29.5 Å². The van der Waals surface area contributed by atoms with Crippen LogP contribution in [-0.2, 0) is 11.2 Å². The van der Waals surface area contributed by atoms with Crippen LogP contribution in [0.5, 0.6) is 0 Å². The van der Waals surface area contributed by atoms with Gasteiger partial charge in [-0.3, -0.25) is 5.41 Å². The van der Waals surface area contributed by atoms with Crippen molar-refractivity contribution in [1.29, 1.82) is 5.41 Å². The normalized spacial score (nSPS) is 9.44. The van der Waals surface area contributed by atoms with Gasteiger partial charge in [0.2, 0.25) is 0 Å². The smallest absolute Gasteiger partial charge is 0.180 e. The molecule has 5 heteroatoms. The number of halogens is 3. The summed E-state index contributed by atoms with van der Waals surface area (Å²) in [6.45, 7) is 2.38. The standard InChI is InChI=1S/C11H13Cl2NO.ClH/c1-2-15-11(14)7-6-8-9(12)4-3-5-10(8)13;/h3-5,14H,2,6-7H2,1H3;1H. The molecule has 0 atom stereocenters. The van der Waals surface area contributed by atoms with Crippen molar-refractivity contribution >= 4 is 41.5 Å². The van der Waals surface area contributed by atoms with E-state index in [-0.39, 0.29) is 18.3 Å². The van der Waals surface area contributed by atoms with Gasteiger partial charge < -0.3 is 4.74 Å². The lowest BCUT2D eigenvalue weighted by atomic mass is 10.1. The van der Waals surface area contributed by atoms with Crippen LogP contribution in [0.1, 0.15) is 18.9 Å². The lowest BCUT2D eigenvalue weighted by Gasteiger charge is -2.07. The van der Waals surface area contributed by atoms with Gasteiger partial charge in [-0.15, -0.1) is 12.4 Å². The molecule has 1 rings (SSSR count). The maximum Gasteiger partial charge on any atom is 0.180 e. The Kier molecular flexibility index (Phi) is 7.56. The Morgan fingerprint density at radius 2 is 1.88 bits per heavy atom. The first-order valence-corrected chi connectivity index (χ1v) is 5.53. The van der Waals surface area contributed by atoms with Crippen molar-refractivity contribution in [2.24, 2.45) is 0 Å². The van der Waals surface area contributed by atoms with Crippen molar-refractivity contribution in [2.75, 3.05) is 6.61 Å². The van der Waals surface area contributed by atoms with Gasteiger partial charge in [-0.1, -0.05) is 29.3 Å². The minimum Gasteiger partial charge on any atom is -0.481 e. The van der Waals surface area contributed by atoms with Crippen molar-refractivity contribution in [3.05, 3.63) is 33.8 Å². The molecule has 90 valence electrons. The number of ether oxygens (including phenoxy) is 1. The SMILES string of the molecule is CCOC(=N)CCc1c(Cl)cccc1Cl.Cl. The summed E-state index contributed by atoms with van der Waals surface area (Å²) in [5, 5.41) is 8.76. The van der Waals surface area contributed by atoms with E-state index in [1.807, 2.05) is 13.0 Å². The van der Waals surface area contributed by atoms with Gasteiger partial charge in [0.05, 0.1) is 6.61 Å². The maximum absolute atomic E-state index is 7.47. The van der Waals surface area contributed by atoms with Crippen LogP contribution in [0.3, 0.4) is 0 Å². The van der Waals surface area contributed by atoms with E-state index in [1.165, 1.54) is 0 Å². The highest BCUT2D eigenvalue weighted by Crippen LogP contribution is 2.25. The molecule has 2 nitrogen and oxygen atoms in total. The maximum atomic E-state index is 7.47. The summed E-state index contributed by atoms with van der Waals surface area (Å²) in [6.07, 6.45) is 1.16. The van der Waals surface area contributed by atoms with Crippen molar-refractivity contribution in [2.45, 2.75) is 19.8 Å². The molecular weight excluding hydrogens is 268 g/mol. The molecule has 0 spiro atoms. The molecule has 0 heterocycles. The molecule has 0 aliphatic heterocycles. The molecule has 0 aliphatic rings. The summed E-state index contributed by atoms with van der Waals surface area (Å²) in [5.74, 6) is 0.272. The van der Waals surface area contributed by atoms with Crippen LogP contribution in [0, 0.1) is 5.41 Å². The second kappa shape index (κ2) is 7.77. The van der Waals surface area contributed by atoms with E-state index in [9.17, 15) is 0 Å². The molecule has 1 aromatic carbocycles. The zero-order chi connectivity index (χ0) is 11.3. The lowest BCUT2D eigenvalue weighted by molar-refractivity contribution is 0.314. The van der Waals surface area contributed by atoms with E-state index >= 15 is 0 Å². The van der Waals surface area contributed by atoms with Crippen LogP contribution in [0.4, 0.5) is 0 Å². The number of rotatable bonds is 4. The highest BCUT2D eigenvalue weighted by Gasteiger charge is 2.06. The first-order valence-electron chi connectivity index (χ1n) is 4.78. The fraction of sp³-hybridized carbons (Fsp3) is 0.364. The van der Waals surface area contributed by atoms with Crippen molar-refractivity contribution in [1.82, 2.24) is 0 Å². The van der Waals surface area contributed by atoms with E-state index in [1.54, 1.807) is 12.1 Å². The minimum atomic E-state index is 0. The topological polar surface area (TPSA) is 33.1 Å². The summed E-state index contributed by atoms with van der Waals surface area (Å²) in [5.41, 5.74) is 0.880. The monoisotopic (exact) mass is 281 g/mol. The highest BCUT2D eigenvalue weighted by molar-refractivity contribution is 6.36. The van der Waals surface area contributed by atoms with Gasteiger partial charge in [-0.05, 0) is 31.0 Å². The molecular formula is C11H14Cl3NO. The van der Waals surface area contributed by atoms with Gasteiger partial charge in [0.15, 0.2) is 5.90 Å². The average Bonchev–Trinajstić information content (AvgIpc) is 2.17. The summed E-state index contributed by atoms with van der Waals surface area (Å²) in [6, 6.07) is 5.40. The van der Waals surface area contributed by atoms with Crippen LogP contribution in [0.15, 0.2) is 18.2 Å². The molecule has 0 amide bonds. The van der Waals surface area contributed by atoms with E-state index < -0.39 is 0 Å². The minimum absolute atomic E-state index is 0. The zero-order valence-corrected chi connectivity index (χ0v) is 11.3. The van der Waals surface area contributed by atoms with E-state index in [0.717, 1.165) is 5.56 Å². The van der Waals surface area contributed by atoms with Crippen LogP contribution >= 0.6 is 35.6 Å². The fourth-order valence-electron chi connectivity index (χ4n) is 1.26. The van der Waals surface area contributed by atoms with Gasteiger partial charge in [0.1, 0.15) is 0 Å². The third-order valence-electron chi connectivity index (χ3n) is 1.98. The van der Waals surface area contributed by atoms with E-state index in [2.05, 4.69) is 0 Å². The van der Waals surface area contributed by atoms with Crippen molar-refractivity contribution in [3.8, 4) is 0 Å². The van der Waals surface area contributed by atoms with Crippen molar-refractivity contribution < 1.29 is 4.74 Å². The van der Waals surface area contributed by atoms with Crippen LogP contribution in [0.2, 0.25) is 10.0 Å². The number of hydrogen-bond acceptors (Lipinski definition) is 2. The Balaban J connectivity index is 0.00000225. The molecule has 1 aromatic rings. The molecule has 0 bridgehead atoms. The summed E-state index contributed by atoms with van der Waals surface area (Å²) in [4.78, 5) is 0. The number of benzene rings is 1. The second-order valence-corrected chi connectivity index (χ2v) is 3.87. The Labute approximate surface area is 112 Å². The number of hydrogen-bond donors (Lipinski definition) is 1. The first kappa shape index (κ1) is 15.6. The largest absolute Gasteiger partial charge is 0.481 e. The molecule has 1 N–H and O–H groups in total. The molecule has 0 fully saturated rings. The molecule has 16 heavy (non-hydrogen) atoms. The molecule has 0 saturated heterocycles. The second-order valence-electron chi connectivity index (χ2n) is 3.06. The number of nitrogens with one attached hydrogen (secondary N) is 1. The van der Waals surface area contributed by atoms with Gasteiger partial charge in [-0.2, -0.15) is 0 Å². The Morgan fingerprint density at radius 3 is 2.38 bits per heavy atom. The first-order chi connectivity index (χ1) is 7.15. The quantitative estimate of drug-likeness (QED) is 0.646. The Hall–Kier alpha value is -0.440. The molecule has 0 aliphatic carbocycles. The predicted molar refractivity (Wildman–Crippen MR) is 71.4 cm³/mol. The van der Waals surface area contributed by atoms with Crippen LogP contribution in [-0.4, -0.2) is 12.5 Å². The van der Waals surface area contributed by atoms with Gasteiger partial charge >= 0.3 is 0 Å². The summed E-state index contributed by atoms with van der Waals surface area (Å²) < 4.78 is 5.04. The third-order valence-corrected chi connectivity index (χ3v) is 2.69. The van der Waals surface area contributed by atoms with Gasteiger partial charge in [0.25, 0.3) is 0 Å². The van der Waals surface area contributed by atoms with Gasteiger partial charge in [-0.25, -0.2) is 0 Å².